The maximum Gasteiger partial charge on any atom is 0.189 e. The number of rotatable bonds is 2. The third kappa shape index (κ3) is 3.27. The van der Waals surface area contributed by atoms with Crippen molar-refractivity contribution in [1.82, 2.24) is 10.2 Å². The van der Waals surface area contributed by atoms with E-state index in [2.05, 4.69) is 17.3 Å². The molecule has 3 fully saturated rings. The average molecular weight is 278 g/mol. The minimum Gasteiger partial charge on any atom is -0.370 e. The van der Waals surface area contributed by atoms with Gasteiger partial charge >= 0.3 is 0 Å². The number of piperidine rings is 2. The van der Waals surface area contributed by atoms with Crippen LogP contribution in [0.5, 0.6) is 0 Å². The Labute approximate surface area is 123 Å². The fraction of sp³-hybridized carbons (Fsp3) is 0.938. The highest BCUT2D eigenvalue weighted by Gasteiger charge is 2.36. The van der Waals surface area contributed by atoms with Crippen molar-refractivity contribution in [2.45, 2.75) is 88.4 Å². The van der Waals surface area contributed by atoms with Crippen LogP contribution in [0, 0.1) is 0 Å². The molecule has 3 rings (SSSR count). The Morgan fingerprint density at radius 3 is 2.30 bits per heavy atom. The SMILES string of the molecule is CN1C2CCCC1CC(NC(N)=NC1CCCCC1)C2. The molecule has 1 saturated carbocycles. The molecular weight excluding hydrogens is 248 g/mol. The summed E-state index contributed by atoms with van der Waals surface area (Å²) in [5, 5.41) is 3.52. The molecule has 1 aliphatic carbocycles. The number of aliphatic imine (C=N–C) groups is 1. The summed E-state index contributed by atoms with van der Waals surface area (Å²) in [5.74, 6) is 0.699. The number of fused-ring (bicyclic) bond motifs is 2. The molecule has 0 aromatic carbocycles. The Balaban J connectivity index is 1.53. The van der Waals surface area contributed by atoms with Gasteiger partial charge in [0.05, 0.1) is 6.04 Å². The molecule has 4 heteroatoms. The van der Waals surface area contributed by atoms with Gasteiger partial charge in [0.15, 0.2) is 5.96 Å². The van der Waals surface area contributed by atoms with Crippen LogP contribution in [0.4, 0.5) is 0 Å². The van der Waals surface area contributed by atoms with Gasteiger partial charge in [0.2, 0.25) is 0 Å². The minimum atomic E-state index is 0.474. The van der Waals surface area contributed by atoms with Gasteiger partial charge in [-0.1, -0.05) is 25.7 Å². The van der Waals surface area contributed by atoms with E-state index in [-0.39, 0.29) is 0 Å². The fourth-order valence-electron chi connectivity index (χ4n) is 4.39. The van der Waals surface area contributed by atoms with Crippen molar-refractivity contribution >= 4 is 5.96 Å². The highest BCUT2D eigenvalue weighted by atomic mass is 15.2. The topological polar surface area (TPSA) is 53.6 Å². The van der Waals surface area contributed by atoms with Crippen molar-refractivity contribution in [2.24, 2.45) is 10.7 Å². The molecule has 0 amide bonds. The molecule has 0 radical (unpaired) electrons. The zero-order valence-corrected chi connectivity index (χ0v) is 12.9. The maximum absolute atomic E-state index is 6.15. The summed E-state index contributed by atoms with van der Waals surface area (Å²) in [6.07, 6.45) is 13.0. The fourth-order valence-corrected chi connectivity index (χ4v) is 4.39. The molecule has 3 aliphatic rings. The Morgan fingerprint density at radius 2 is 1.65 bits per heavy atom. The predicted molar refractivity (Wildman–Crippen MR) is 83.8 cm³/mol. The molecule has 3 N–H and O–H groups in total. The van der Waals surface area contributed by atoms with Crippen molar-refractivity contribution in [3.8, 4) is 0 Å². The van der Waals surface area contributed by atoms with Gasteiger partial charge in [-0.15, -0.1) is 0 Å². The molecule has 0 aromatic heterocycles. The van der Waals surface area contributed by atoms with E-state index < -0.39 is 0 Å². The first kappa shape index (κ1) is 14.2. The van der Waals surface area contributed by atoms with Gasteiger partial charge in [-0.25, -0.2) is 0 Å². The van der Waals surface area contributed by atoms with E-state index >= 15 is 0 Å². The normalized spacial score (nSPS) is 36.9. The molecule has 0 spiro atoms. The lowest BCUT2D eigenvalue weighted by atomic mass is 9.82. The zero-order valence-electron chi connectivity index (χ0n) is 12.9. The number of hydrogen-bond donors (Lipinski definition) is 2. The molecule has 114 valence electrons. The molecule has 20 heavy (non-hydrogen) atoms. The minimum absolute atomic E-state index is 0.474. The summed E-state index contributed by atoms with van der Waals surface area (Å²) < 4.78 is 0. The van der Waals surface area contributed by atoms with Crippen molar-refractivity contribution in [3.63, 3.8) is 0 Å². The zero-order chi connectivity index (χ0) is 13.9. The van der Waals surface area contributed by atoms with Gasteiger partial charge in [-0.3, -0.25) is 4.99 Å². The lowest BCUT2D eigenvalue weighted by Crippen LogP contribution is -2.56. The molecule has 2 bridgehead atoms. The lowest BCUT2D eigenvalue weighted by Gasteiger charge is -2.47. The monoisotopic (exact) mass is 278 g/mol. The summed E-state index contributed by atoms with van der Waals surface area (Å²) in [7, 11) is 2.30. The molecule has 2 heterocycles. The predicted octanol–water partition coefficient (Wildman–Crippen LogP) is 2.24. The number of guanidine groups is 1. The molecule has 0 aromatic rings. The van der Waals surface area contributed by atoms with E-state index in [1.165, 1.54) is 64.2 Å². The number of nitrogens with one attached hydrogen (secondary N) is 1. The molecule has 2 saturated heterocycles. The van der Waals surface area contributed by atoms with Crippen molar-refractivity contribution < 1.29 is 0 Å². The second-order valence-corrected chi connectivity index (χ2v) is 7.02. The number of hydrogen-bond acceptors (Lipinski definition) is 2. The Hall–Kier alpha value is -0.770. The van der Waals surface area contributed by atoms with Crippen molar-refractivity contribution in [1.29, 1.82) is 0 Å². The maximum atomic E-state index is 6.15. The Kier molecular flexibility index (Phi) is 4.49. The second-order valence-electron chi connectivity index (χ2n) is 7.02. The molecule has 4 nitrogen and oxygen atoms in total. The van der Waals surface area contributed by atoms with E-state index in [1.54, 1.807) is 0 Å². The third-order valence-corrected chi connectivity index (χ3v) is 5.59. The van der Waals surface area contributed by atoms with E-state index in [0.29, 0.717) is 18.0 Å². The molecule has 2 unspecified atom stereocenters. The Morgan fingerprint density at radius 1 is 1.00 bits per heavy atom. The van der Waals surface area contributed by atoms with Crippen LogP contribution in [0.1, 0.15) is 64.2 Å². The molecule has 2 atom stereocenters. The van der Waals surface area contributed by atoms with Crippen LogP contribution in [0.2, 0.25) is 0 Å². The quantitative estimate of drug-likeness (QED) is 0.601. The van der Waals surface area contributed by atoms with Gasteiger partial charge in [0, 0.05) is 18.1 Å². The van der Waals surface area contributed by atoms with E-state index in [4.69, 9.17) is 10.7 Å². The van der Waals surface area contributed by atoms with Crippen LogP contribution in [0.15, 0.2) is 4.99 Å². The number of nitrogens with zero attached hydrogens (tertiary/aromatic N) is 2. The highest BCUT2D eigenvalue weighted by molar-refractivity contribution is 5.78. The first-order chi connectivity index (χ1) is 9.72. The second kappa shape index (κ2) is 6.33. The van der Waals surface area contributed by atoms with E-state index in [0.717, 1.165) is 12.1 Å². The average Bonchev–Trinajstić information content (AvgIpc) is 2.41. The number of nitrogens with two attached hydrogens (primary N) is 1. The van der Waals surface area contributed by atoms with E-state index in [9.17, 15) is 0 Å². The van der Waals surface area contributed by atoms with Crippen LogP contribution >= 0.6 is 0 Å². The van der Waals surface area contributed by atoms with Gasteiger partial charge < -0.3 is 16.0 Å². The van der Waals surface area contributed by atoms with Crippen LogP contribution in [0.25, 0.3) is 0 Å². The van der Waals surface area contributed by atoms with Gasteiger partial charge in [0.1, 0.15) is 0 Å². The van der Waals surface area contributed by atoms with Crippen molar-refractivity contribution in [2.75, 3.05) is 7.05 Å². The van der Waals surface area contributed by atoms with Crippen molar-refractivity contribution in [3.05, 3.63) is 0 Å². The van der Waals surface area contributed by atoms with Crippen LogP contribution in [-0.2, 0) is 0 Å². The van der Waals surface area contributed by atoms with Gasteiger partial charge in [-0.2, -0.15) is 0 Å². The third-order valence-electron chi connectivity index (χ3n) is 5.59. The first-order valence-corrected chi connectivity index (χ1v) is 8.54. The highest BCUT2D eigenvalue weighted by Crippen LogP contribution is 2.32. The summed E-state index contributed by atoms with van der Waals surface area (Å²) in [6.45, 7) is 0. The summed E-state index contributed by atoms with van der Waals surface area (Å²) in [6, 6.07) is 2.51. The summed E-state index contributed by atoms with van der Waals surface area (Å²) >= 11 is 0. The summed E-state index contributed by atoms with van der Waals surface area (Å²) in [4.78, 5) is 7.31. The molecular formula is C16H30N4. The largest absolute Gasteiger partial charge is 0.370 e. The van der Waals surface area contributed by atoms with Crippen LogP contribution < -0.4 is 11.1 Å². The van der Waals surface area contributed by atoms with E-state index in [1.807, 2.05) is 0 Å². The Bertz CT molecular complexity index is 334. The lowest BCUT2D eigenvalue weighted by molar-refractivity contribution is 0.0527. The van der Waals surface area contributed by atoms with Crippen LogP contribution in [0.3, 0.4) is 0 Å². The van der Waals surface area contributed by atoms with Gasteiger partial charge in [0.25, 0.3) is 0 Å². The smallest absolute Gasteiger partial charge is 0.189 e. The summed E-state index contributed by atoms with van der Waals surface area (Å²) in [5.41, 5.74) is 6.15. The van der Waals surface area contributed by atoms with Gasteiger partial charge in [-0.05, 0) is 45.6 Å². The van der Waals surface area contributed by atoms with Crippen LogP contribution in [-0.4, -0.2) is 42.1 Å². The first-order valence-electron chi connectivity index (χ1n) is 8.54. The standard InChI is InChI=1S/C16H30N4/c1-20-14-8-5-9-15(20)11-13(10-14)19-16(17)18-12-6-3-2-4-7-12/h12-15H,2-11H2,1H3,(H3,17,18,19). The molecule has 2 aliphatic heterocycles.